The van der Waals surface area contributed by atoms with Crippen molar-refractivity contribution in [1.82, 2.24) is 9.80 Å². The number of ether oxygens (including phenoxy) is 1. The summed E-state index contributed by atoms with van der Waals surface area (Å²) in [6.45, 7) is 3.27. The minimum Gasteiger partial charge on any atom is -0.497 e. The van der Waals surface area contributed by atoms with E-state index in [9.17, 15) is 19.8 Å². The molecule has 7 nitrogen and oxygen atoms in total. The third kappa shape index (κ3) is 4.25. The maximum absolute atomic E-state index is 12.8. The van der Waals surface area contributed by atoms with E-state index < -0.39 is 11.7 Å². The second-order valence-corrected chi connectivity index (χ2v) is 7.71. The second kappa shape index (κ2) is 7.86. The van der Waals surface area contributed by atoms with Gasteiger partial charge in [-0.2, -0.15) is 0 Å². The van der Waals surface area contributed by atoms with Gasteiger partial charge in [0, 0.05) is 37.7 Å². The lowest BCUT2D eigenvalue weighted by molar-refractivity contribution is -0.151. The Kier molecular flexibility index (Phi) is 5.72. The predicted molar refractivity (Wildman–Crippen MR) is 99.4 cm³/mol. The summed E-state index contributed by atoms with van der Waals surface area (Å²) in [6.07, 6.45) is 0.659. The van der Waals surface area contributed by atoms with E-state index in [4.69, 9.17) is 4.74 Å². The Labute approximate surface area is 159 Å². The number of piperidine rings is 2. The summed E-state index contributed by atoms with van der Waals surface area (Å²) >= 11 is 0. The van der Waals surface area contributed by atoms with Gasteiger partial charge < -0.3 is 24.7 Å². The summed E-state index contributed by atoms with van der Waals surface area (Å²) in [7, 11) is 1.57. The molecule has 2 saturated heterocycles. The summed E-state index contributed by atoms with van der Waals surface area (Å²) in [4.78, 5) is 28.8. The molecule has 27 heavy (non-hydrogen) atoms. The fraction of sp³-hybridized carbons (Fsp3) is 0.600. The van der Waals surface area contributed by atoms with Gasteiger partial charge in [0.2, 0.25) is 5.91 Å². The number of carbonyl (C=O) groups excluding carboxylic acids is 2. The maximum Gasteiger partial charge on any atom is 0.253 e. The summed E-state index contributed by atoms with van der Waals surface area (Å²) < 4.78 is 5.17. The lowest BCUT2D eigenvalue weighted by atomic mass is 9.88. The molecule has 7 heteroatoms. The molecule has 2 N–H and O–H groups in total. The van der Waals surface area contributed by atoms with E-state index in [-0.39, 0.29) is 24.3 Å². The number of likely N-dealkylation sites (tertiary alicyclic amines) is 2. The number of benzene rings is 1. The molecule has 3 rings (SSSR count). The van der Waals surface area contributed by atoms with Crippen LogP contribution in [0.5, 0.6) is 5.75 Å². The molecule has 2 atom stereocenters. The first-order chi connectivity index (χ1) is 12.8. The van der Waals surface area contributed by atoms with Crippen molar-refractivity contribution in [2.75, 3.05) is 33.3 Å². The second-order valence-electron chi connectivity index (χ2n) is 7.71. The molecule has 2 aliphatic heterocycles. The number of nitrogens with zero attached hydrogens (tertiary/aromatic N) is 2. The summed E-state index contributed by atoms with van der Waals surface area (Å²) in [5.74, 6) is 0.460. The molecule has 1 aromatic rings. The summed E-state index contributed by atoms with van der Waals surface area (Å²) in [5, 5.41) is 20.1. The number of hydrogen-bond acceptors (Lipinski definition) is 5. The SMILES string of the molecule is COc1cccc(C(=O)N2CCC(C(=O)N3CC[C@](C)(O)[C@H](O)C3)CC2)c1. The highest BCUT2D eigenvalue weighted by Gasteiger charge is 2.40. The number of methoxy groups -OCH3 is 1. The first-order valence-corrected chi connectivity index (χ1v) is 9.44. The average Bonchev–Trinajstić information content (AvgIpc) is 2.69. The van der Waals surface area contributed by atoms with Crippen molar-refractivity contribution in [3.63, 3.8) is 0 Å². The van der Waals surface area contributed by atoms with Crippen molar-refractivity contribution in [2.24, 2.45) is 5.92 Å². The highest BCUT2D eigenvalue weighted by molar-refractivity contribution is 5.94. The molecular formula is C20H28N2O5. The monoisotopic (exact) mass is 376 g/mol. The molecule has 2 amide bonds. The van der Waals surface area contributed by atoms with Crippen LogP contribution in [0.3, 0.4) is 0 Å². The molecule has 0 unspecified atom stereocenters. The van der Waals surface area contributed by atoms with Crippen LogP contribution >= 0.6 is 0 Å². The van der Waals surface area contributed by atoms with E-state index in [1.165, 1.54) is 0 Å². The van der Waals surface area contributed by atoms with Crippen LogP contribution < -0.4 is 4.74 Å². The highest BCUT2D eigenvalue weighted by Crippen LogP contribution is 2.27. The zero-order valence-corrected chi connectivity index (χ0v) is 15.9. The molecule has 2 heterocycles. The zero-order valence-electron chi connectivity index (χ0n) is 15.9. The number of aliphatic hydroxyl groups is 2. The van der Waals surface area contributed by atoms with Gasteiger partial charge in [-0.05, 0) is 44.4 Å². The predicted octanol–water partition coefficient (Wildman–Crippen LogP) is 0.892. The fourth-order valence-corrected chi connectivity index (χ4v) is 3.75. The molecule has 1 aromatic carbocycles. The minimum atomic E-state index is -1.14. The molecule has 0 spiro atoms. The van der Waals surface area contributed by atoms with Crippen molar-refractivity contribution in [2.45, 2.75) is 37.9 Å². The standard InChI is InChI=1S/C20H28N2O5/c1-20(26)8-11-22(13-17(20)23)18(24)14-6-9-21(10-7-14)19(25)15-4-3-5-16(12-15)27-2/h3-5,12,14,17,23,26H,6-11,13H2,1-2H3/t17-,20+/m1/s1. The Balaban J connectivity index is 1.55. The Morgan fingerprint density at radius 2 is 1.89 bits per heavy atom. The normalized spacial score (nSPS) is 26.7. The van der Waals surface area contributed by atoms with Crippen LogP contribution in [0.2, 0.25) is 0 Å². The van der Waals surface area contributed by atoms with Gasteiger partial charge in [0.05, 0.1) is 18.8 Å². The van der Waals surface area contributed by atoms with Gasteiger partial charge in [0.1, 0.15) is 5.75 Å². The van der Waals surface area contributed by atoms with Gasteiger partial charge in [0.15, 0.2) is 0 Å². The molecule has 0 saturated carbocycles. The van der Waals surface area contributed by atoms with Crippen molar-refractivity contribution >= 4 is 11.8 Å². The van der Waals surface area contributed by atoms with Crippen LogP contribution in [-0.2, 0) is 4.79 Å². The highest BCUT2D eigenvalue weighted by atomic mass is 16.5. The fourth-order valence-electron chi connectivity index (χ4n) is 3.75. The minimum absolute atomic E-state index is 0.0121. The third-order valence-corrected chi connectivity index (χ3v) is 5.76. The third-order valence-electron chi connectivity index (χ3n) is 5.76. The Hall–Kier alpha value is -2.12. The topological polar surface area (TPSA) is 90.3 Å². The van der Waals surface area contributed by atoms with Crippen molar-refractivity contribution < 1.29 is 24.5 Å². The Bertz CT molecular complexity index is 697. The lowest BCUT2D eigenvalue weighted by Gasteiger charge is -2.42. The van der Waals surface area contributed by atoms with Crippen LogP contribution in [0, 0.1) is 5.92 Å². The number of aliphatic hydroxyl groups excluding tert-OH is 1. The van der Waals surface area contributed by atoms with Gasteiger partial charge >= 0.3 is 0 Å². The zero-order chi connectivity index (χ0) is 19.6. The summed E-state index contributed by atoms with van der Waals surface area (Å²) in [6, 6.07) is 7.08. The molecule has 0 aliphatic carbocycles. The first kappa shape index (κ1) is 19.6. The molecule has 148 valence electrons. The molecule has 0 aromatic heterocycles. The van der Waals surface area contributed by atoms with Crippen LogP contribution in [0.15, 0.2) is 24.3 Å². The first-order valence-electron chi connectivity index (χ1n) is 9.44. The number of β-amino-alcohol motifs (C(OH)–C–C–N with tert-alkyl or cyclic N) is 1. The number of rotatable bonds is 3. The van der Waals surface area contributed by atoms with E-state index in [2.05, 4.69) is 0 Å². The molecule has 2 aliphatic rings. The van der Waals surface area contributed by atoms with E-state index in [1.54, 1.807) is 48.1 Å². The average molecular weight is 376 g/mol. The maximum atomic E-state index is 12.8. The number of carbonyl (C=O) groups is 2. The Morgan fingerprint density at radius 3 is 2.52 bits per heavy atom. The van der Waals surface area contributed by atoms with Gasteiger partial charge in [-0.1, -0.05) is 6.07 Å². The van der Waals surface area contributed by atoms with E-state index in [0.29, 0.717) is 50.2 Å². The van der Waals surface area contributed by atoms with Crippen LogP contribution in [0.25, 0.3) is 0 Å². The van der Waals surface area contributed by atoms with Crippen LogP contribution in [0.4, 0.5) is 0 Å². The smallest absolute Gasteiger partial charge is 0.253 e. The van der Waals surface area contributed by atoms with Gasteiger partial charge in [-0.3, -0.25) is 9.59 Å². The van der Waals surface area contributed by atoms with Gasteiger partial charge in [-0.25, -0.2) is 0 Å². The number of amides is 2. The molecule has 0 bridgehead atoms. The van der Waals surface area contributed by atoms with Crippen LogP contribution in [0.1, 0.15) is 36.5 Å². The van der Waals surface area contributed by atoms with Gasteiger partial charge in [-0.15, -0.1) is 0 Å². The largest absolute Gasteiger partial charge is 0.497 e. The van der Waals surface area contributed by atoms with E-state index in [1.807, 2.05) is 0 Å². The van der Waals surface area contributed by atoms with Crippen molar-refractivity contribution in [1.29, 1.82) is 0 Å². The van der Waals surface area contributed by atoms with E-state index in [0.717, 1.165) is 0 Å². The molecular weight excluding hydrogens is 348 g/mol. The van der Waals surface area contributed by atoms with Crippen molar-refractivity contribution in [3.8, 4) is 5.75 Å². The van der Waals surface area contributed by atoms with Crippen LogP contribution in [-0.4, -0.2) is 76.8 Å². The van der Waals surface area contributed by atoms with Crippen molar-refractivity contribution in [3.05, 3.63) is 29.8 Å². The molecule has 2 fully saturated rings. The number of hydrogen-bond donors (Lipinski definition) is 2. The quantitative estimate of drug-likeness (QED) is 0.818. The van der Waals surface area contributed by atoms with E-state index >= 15 is 0 Å². The van der Waals surface area contributed by atoms with Gasteiger partial charge in [0.25, 0.3) is 5.91 Å². The summed E-state index contributed by atoms with van der Waals surface area (Å²) in [5.41, 5.74) is -0.552. The molecule has 0 radical (unpaired) electrons. The lowest BCUT2D eigenvalue weighted by Crippen LogP contribution is -2.56. The Morgan fingerprint density at radius 1 is 1.19 bits per heavy atom.